The Morgan fingerprint density at radius 2 is 1.91 bits per heavy atom. The highest BCUT2D eigenvalue weighted by Gasteiger charge is 2.08. The molecule has 0 fully saturated rings. The van der Waals surface area contributed by atoms with Crippen LogP contribution in [-0.4, -0.2) is 22.4 Å². The van der Waals surface area contributed by atoms with Crippen LogP contribution in [0.4, 0.5) is 11.5 Å². The van der Waals surface area contributed by atoms with Crippen LogP contribution < -0.4 is 10.6 Å². The largest absolute Gasteiger partial charge is 0.351 e. The van der Waals surface area contributed by atoms with Crippen molar-refractivity contribution in [3.05, 3.63) is 47.9 Å². The number of nitrogens with one attached hydrogen (secondary N) is 2. The summed E-state index contributed by atoms with van der Waals surface area (Å²) in [5.74, 6) is 0.929. The third-order valence-corrected chi connectivity index (χ3v) is 3.29. The normalized spacial score (nSPS) is 10.5. The van der Waals surface area contributed by atoms with Gasteiger partial charge in [0.2, 0.25) is 0 Å². The molecule has 2 rings (SSSR count). The van der Waals surface area contributed by atoms with E-state index in [1.54, 1.807) is 6.07 Å². The van der Waals surface area contributed by atoms with Crippen LogP contribution in [0.5, 0.6) is 0 Å². The number of anilines is 2. The summed E-state index contributed by atoms with van der Waals surface area (Å²) in [5, 5.41) is 5.99. The molecule has 0 unspecified atom stereocenters. The second kappa shape index (κ2) is 7.54. The molecule has 0 atom stereocenters. The predicted molar refractivity (Wildman–Crippen MR) is 88.5 cm³/mol. The molecule has 1 aromatic carbocycles. The van der Waals surface area contributed by atoms with Crippen LogP contribution in [0.15, 0.2) is 36.7 Å². The lowest BCUT2D eigenvalue weighted by Crippen LogP contribution is -2.25. The first-order valence-corrected chi connectivity index (χ1v) is 7.57. The van der Waals surface area contributed by atoms with E-state index in [9.17, 15) is 4.79 Å². The van der Waals surface area contributed by atoms with E-state index in [2.05, 4.69) is 46.6 Å². The van der Waals surface area contributed by atoms with Gasteiger partial charge in [-0.25, -0.2) is 9.97 Å². The summed E-state index contributed by atoms with van der Waals surface area (Å²) in [6, 6.07) is 9.84. The second-order valence-corrected chi connectivity index (χ2v) is 5.45. The lowest BCUT2D eigenvalue weighted by atomic mass is 10.0. The first kappa shape index (κ1) is 15.9. The van der Waals surface area contributed by atoms with Gasteiger partial charge in [-0.15, -0.1) is 0 Å². The fraction of sp³-hybridized carbons (Fsp3) is 0.353. The van der Waals surface area contributed by atoms with Crippen molar-refractivity contribution < 1.29 is 4.79 Å². The minimum Gasteiger partial charge on any atom is -0.351 e. The third kappa shape index (κ3) is 4.28. The van der Waals surface area contributed by atoms with Crippen LogP contribution in [0, 0.1) is 0 Å². The maximum Gasteiger partial charge on any atom is 0.270 e. The summed E-state index contributed by atoms with van der Waals surface area (Å²) in [6.07, 6.45) is 2.29. The zero-order valence-electron chi connectivity index (χ0n) is 13.3. The number of aromatic nitrogens is 2. The Balaban J connectivity index is 2.08. The minimum absolute atomic E-state index is 0.178. The van der Waals surface area contributed by atoms with Crippen molar-refractivity contribution in [1.29, 1.82) is 0 Å². The quantitative estimate of drug-likeness (QED) is 0.856. The zero-order chi connectivity index (χ0) is 15.9. The Kier molecular flexibility index (Phi) is 5.47. The number of nitrogens with zero attached hydrogens (tertiary/aromatic N) is 2. The van der Waals surface area contributed by atoms with Gasteiger partial charge in [-0.3, -0.25) is 4.79 Å². The number of carbonyl (C=O) groups is 1. The van der Waals surface area contributed by atoms with Crippen molar-refractivity contribution in [1.82, 2.24) is 15.3 Å². The molecule has 2 aromatic rings. The number of hydrogen-bond donors (Lipinski definition) is 2. The van der Waals surface area contributed by atoms with Gasteiger partial charge in [-0.05, 0) is 30.0 Å². The van der Waals surface area contributed by atoms with Crippen LogP contribution in [0.25, 0.3) is 0 Å². The van der Waals surface area contributed by atoms with Gasteiger partial charge in [-0.1, -0.05) is 32.9 Å². The molecule has 0 aliphatic rings. The lowest BCUT2D eigenvalue weighted by Gasteiger charge is -2.09. The average molecular weight is 298 g/mol. The number of carbonyl (C=O) groups excluding carboxylic acids is 1. The third-order valence-electron chi connectivity index (χ3n) is 3.29. The number of hydrogen-bond acceptors (Lipinski definition) is 4. The number of rotatable bonds is 6. The average Bonchev–Trinajstić information content (AvgIpc) is 2.53. The highest BCUT2D eigenvalue weighted by Crippen LogP contribution is 2.19. The van der Waals surface area contributed by atoms with Gasteiger partial charge >= 0.3 is 0 Å². The van der Waals surface area contributed by atoms with Crippen LogP contribution in [0.3, 0.4) is 0 Å². The van der Waals surface area contributed by atoms with Gasteiger partial charge in [-0.2, -0.15) is 0 Å². The van der Waals surface area contributed by atoms with Crippen LogP contribution in [-0.2, 0) is 0 Å². The Labute approximate surface area is 131 Å². The topological polar surface area (TPSA) is 66.9 Å². The molecular weight excluding hydrogens is 276 g/mol. The van der Waals surface area contributed by atoms with Crippen molar-refractivity contribution in [2.24, 2.45) is 0 Å². The van der Waals surface area contributed by atoms with Crippen molar-refractivity contribution in [2.75, 3.05) is 11.9 Å². The van der Waals surface area contributed by atoms with Gasteiger partial charge in [0.1, 0.15) is 17.8 Å². The fourth-order valence-electron chi connectivity index (χ4n) is 1.98. The summed E-state index contributed by atoms with van der Waals surface area (Å²) in [5.41, 5.74) is 2.58. The van der Waals surface area contributed by atoms with E-state index in [1.165, 1.54) is 11.9 Å². The van der Waals surface area contributed by atoms with E-state index in [0.717, 1.165) is 12.1 Å². The molecule has 1 aromatic heterocycles. The summed E-state index contributed by atoms with van der Waals surface area (Å²) < 4.78 is 0. The molecule has 1 heterocycles. The predicted octanol–water partition coefficient (Wildman–Crippen LogP) is 3.48. The van der Waals surface area contributed by atoms with Crippen molar-refractivity contribution in [2.45, 2.75) is 33.1 Å². The van der Waals surface area contributed by atoms with E-state index in [1.807, 2.05) is 19.1 Å². The number of benzene rings is 1. The van der Waals surface area contributed by atoms with Crippen molar-refractivity contribution in [3.63, 3.8) is 0 Å². The van der Waals surface area contributed by atoms with Crippen LogP contribution in [0.1, 0.15) is 49.2 Å². The molecule has 116 valence electrons. The van der Waals surface area contributed by atoms with Gasteiger partial charge in [0.25, 0.3) is 5.91 Å². The zero-order valence-corrected chi connectivity index (χ0v) is 13.3. The van der Waals surface area contributed by atoms with Gasteiger partial charge in [0.05, 0.1) is 0 Å². The molecule has 5 heteroatoms. The molecule has 0 radical (unpaired) electrons. The highest BCUT2D eigenvalue weighted by atomic mass is 16.1. The van der Waals surface area contributed by atoms with Gasteiger partial charge < -0.3 is 10.6 Å². The Hall–Kier alpha value is -2.43. The highest BCUT2D eigenvalue weighted by molar-refractivity contribution is 5.92. The lowest BCUT2D eigenvalue weighted by molar-refractivity contribution is 0.0948. The molecule has 0 bridgehead atoms. The maximum atomic E-state index is 11.9. The molecular formula is C17H22N4O. The monoisotopic (exact) mass is 298 g/mol. The van der Waals surface area contributed by atoms with Gasteiger partial charge in [0.15, 0.2) is 0 Å². The first-order chi connectivity index (χ1) is 10.6. The molecule has 0 aliphatic heterocycles. The minimum atomic E-state index is -0.178. The molecule has 0 spiro atoms. The van der Waals surface area contributed by atoms with Crippen molar-refractivity contribution in [3.8, 4) is 0 Å². The number of amides is 1. The smallest absolute Gasteiger partial charge is 0.270 e. The Bertz CT molecular complexity index is 623. The summed E-state index contributed by atoms with van der Waals surface area (Å²) in [7, 11) is 0. The van der Waals surface area contributed by atoms with E-state index >= 15 is 0 Å². The maximum absolute atomic E-state index is 11.9. The summed E-state index contributed by atoms with van der Waals surface area (Å²) >= 11 is 0. The van der Waals surface area contributed by atoms with Crippen molar-refractivity contribution >= 4 is 17.4 Å². The van der Waals surface area contributed by atoms with Gasteiger partial charge in [0, 0.05) is 18.3 Å². The SMILES string of the molecule is CCCNC(=O)c1cc(Nc2ccc(C(C)C)cc2)ncn1. The molecule has 0 saturated carbocycles. The Morgan fingerprint density at radius 1 is 1.18 bits per heavy atom. The summed E-state index contributed by atoms with van der Waals surface area (Å²) in [6.45, 7) is 6.97. The fourth-order valence-corrected chi connectivity index (χ4v) is 1.98. The van der Waals surface area contributed by atoms with Crippen LogP contribution >= 0.6 is 0 Å². The molecule has 5 nitrogen and oxygen atoms in total. The Morgan fingerprint density at radius 3 is 2.55 bits per heavy atom. The molecule has 0 saturated heterocycles. The summed E-state index contributed by atoms with van der Waals surface area (Å²) in [4.78, 5) is 20.1. The molecule has 2 N–H and O–H groups in total. The van der Waals surface area contributed by atoms with E-state index in [0.29, 0.717) is 24.0 Å². The molecule has 1 amide bonds. The van der Waals surface area contributed by atoms with E-state index in [4.69, 9.17) is 0 Å². The second-order valence-electron chi connectivity index (χ2n) is 5.45. The first-order valence-electron chi connectivity index (χ1n) is 7.57. The molecule has 22 heavy (non-hydrogen) atoms. The van der Waals surface area contributed by atoms with E-state index in [-0.39, 0.29) is 5.91 Å². The molecule has 0 aliphatic carbocycles. The standard InChI is InChI=1S/C17H22N4O/c1-4-9-18-17(22)15-10-16(20-11-19-15)21-14-7-5-13(6-8-14)12(2)3/h5-8,10-12H,4,9H2,1-3H3,(H,18,22)(H,19,20,21). The van der Waals surface area contributed by atoms with E-state index < -0.39 is 0 Å². The van der Waals surface area contributed by atoms with Crippen LogP contribution in [0.2, 0.25) is 0 Å².